The van der Waals surface area contributed by atoms with Gasteiger partial charge in [0.25, 0.3) is 0 Å². The molecule has 33 heavy (non-hydrogen) atoms. The van der Waals surface area contributed by atoms with Crippen LogP contribution in [0.5, 0.6) is 0 Å². The largest absolute Gasteiger partial charge is 0.369 e. The first kappa shape index (κ1) is 25.0. The van der Waals surface area contributed by atoms with Crippen LogP contribution in [0.2, 0.25) is 0 Å². The molecule has 1 heterocycles. The summed E-state index contributed by atoms with van der Waals surface area (Å²) >= 11 is 0. The van der Waals surface area contributed by atoms with Gasteiger partial charge in [-0.2, -0.15) is 4.31 Å². The molecule has 1 N–H and O–H groups in total. The molecule has 0 saturated heterocycles. The summed E-state index contributed by atoms with van der Waals surface area (Å²) in [5.41, 5.74) is 0.723. The van der Waals surface area contributed by atoms with Crippen molar-refractivity contribution in [1.29, 1.82) is 0 Å². The van der Waals surface area contributed by atoms with Gasteiger partial charge in [-0.25, -0.2) is 26.8 Å². The van der Waals surface area contributed by atoms with E-state index in [1.165, 1.54) is 31.3 Å². The molecule has 2 aromatic carbocycles. The van der Waals surface area contributed by atoms with E-state index in [4.69, 9.17) is 0 Å². The molecule has 0 unspecified atom stereocenters. The van der Waals surface area contributed by atoms with Crippen LogP contribution in [-0.4, -0.2) is 76.5 Å². The predicted octanol–water partition coefficient (Wildman–Crippen LogP) is 2.22. The molecule has 0 fully saturated rings. The summed E-state index contributed by atoms with van der Waals surface area (Å²) in [5.74, 6) is 1.03. The maximum atomic E-state index is 13.0. The van der Waals surface area contributed by atoms with Gasteiger partial charge in [-0.3, -0.25) is 0 Å². The van der Waals surface area contributed by atoms with Crippen molar-refractivity contribution in [1.82, 2.24) is 19.2 Å². The Morgan fingerprint density at radius 1 is 0.879 bits per heavy atom. The third-order valence-corrected chi connectivity index (χ3v) is 7.99. The van der Waals surface area contributed by atoms with E-state index >= 15 is 0 Å². The lowest BCUT2D eigenvalue weighted by atomic mass is 10.2. The van der Waals surface area contributed by atoms with Gasteiger partial charge in [-0.15, -0.1) is 0 Å². The SMILES string of the molecule is CN(C)CCCNc1nc(CN(C)S(=O)(=O)c2ccc(S(C)(=O)=O)cc2)nc2ccccc12. The number of nitrogens with zero attached hydrogens (tertiary/aromatic N) is 4. The molecule has 0 aliphatic carbocycles. The number of aromatic nitrogens is 2. The minimum atomic E-state index is -3.86. The Bertz CT molecular complexity index is 1320. The van der Waals surface area contributed by atoms with Crippen LogP contribution in [0.4, 0.5) is 5.82 Å². The molecule has 0 atom stereocenters. The van der Waals surface area contributed by atoms with Crippen molar-refractivity contribution < 1.29 is 16.8 Å². The average molecular weight is 492 g/mol. The van der Waals surface area contributed by atoms with E-state index in [-0.39, 0.29) is 16.3 Å². The van der Waals surface area contributed by atoms with E-state index in [2.05, 4.69) is 20.2 Å². The van der Waals surface area contributed by atoms with Crippen LogP contribution in [0.15, 0.2) is 58.3 Å². The van der Waals surface area contributed by atoms with E-state index in [0.717, 1.165) is 41.0 Å². The highest BCUT2D eigenvalue weighted by Gasteiger charge is 2.23. The van der Waals surface area contributed by atoms with Crippen LogP contribution in [0, 0.1) is 0 Å². The number of hydrogen-bond acceptors (Lipinski definition) is 8. The minimum absolute atomic E-state index is 0.000207. The first-order chi connectivity index (χ1) is 15.5. The maximum absolute atomic E-state index is 13.0. The van der Waals surface area contributed by atoms with Crippen LogP contribution in [0.3, 0.4) is 0 Å². The second-order valence-electron chi connectivity index (χ2n) is 8.09. The van der Waals surface area contributed by atoms with Crippen LogP contribution in [0.1, 0.15) is 12.2 Å². The van der Waals surface area contributed by atoms with Gasteiger partial charge in [0.15, 0.2) is 9.84 Å². The number of sulfonamides is 1. The standard InChI is InChI=1S/C22H29N5O4S2/c1-26(2)15-7-14-23-22-19-8-5-6-9-20(19)24-21(25-22)16-27(3)33(30,31)18-12-10-17(11-13-18)32(4,28)29/h5-6,8-13H,7,14-16H2,1-4H3,(H,23,24,25). The Kier molecular flexibility index (Phi) is 7.68. The Hall–Kier alpha value is -2.60. The highest BCUT2D eigenvalue weighted by molar-refractivity contribution is 7.90. The Morgan fingerprint density at radius 2 is 1.52 bits per heavy atom. The lowest BCUT2D eigenvalue weighted by Crippen LogP contribution is -2.27. The van der Waals surface area contributed by atoms with Crippen molar-refractivity contribution in [2.24, 2.45) is 0 Å². The topological polar surface area (TPSA) is 113 Å². The zero-order chi connectivity index (χ0) is 24.2. The maximum Gasteiger partial charge on any atom is 0.243 e. The summed E-state index contributed by atoms with van der Waals surface area (Å²) in [6, 6.07) is 12.7. The Morgan fingerprint density at radius 3 is 2.15 bits per heavy atom. The highest BCUT2D eigenvalue weighted by Crippen LogP contribution is 2.22. The Balaban J connectivity index is 1.84. The molecule has 0 aliphatic heterocycles. The zero-order valence-electron chi connectivity index (χ0n) is 19.2. The van der Waals surface area contributed by atoms with E-state index in [1.54, 1.807) is 0 Å². The summed E-state index contributed by atoms with van der Waals surface area (Å²) in [6.07, 6.45) is 2.00. The molecule has 178 valence electrons. The molecule has 3 aromatic rings. The predicted molar refractivity (Wildman–Crippen MR) is 129 cm³/mol. The number of sulfone groups is 1. The molecular weight excluding hydrogens is 462 g/mol. The van der Waals surface area contributed by atoms with Crippen LogP contribution < -0.4 is 5.32 Å². The number of para-hydroxylation sites is 1. The second kappa shape index (κ2) is 10.1. The summed E-state index contributed by atoms with van der Waals surface area (Å²) < 4.78 is 50.5. The third-order valence-electron chi connectivity index (χ3n) is 5.05. The summed E-state index contributed by atoms with van der Waals surface area (Å²) in [7, 11) is -1.79. The third kappa shape index (κ3) is 6.26. The monoisotopic (exact) mass is 491 g/mol. The number of rotatable bonds is 10. The highest BCUT2D eigenvalue weighted by atomic mass is 32.2. The molecule has 9 nitrogen and oxygen atoms in total. The summed E-state index contributed by atoms with van der Waals surface area (Å²) in [6.45, 7) is 1.62. The molecule has 0 amide bonds. The van der Waals surface area contributed by atoms with Crippen LogP contribution >= 0.6 is 0 Å². The fourth-order valence-electron chi connectivity index (χ4n) is 3.26. The first-order valence-corrected chi connectivity index (χ1v) is 13.7. The van der Waals surface area contributed by atoms with Gasteiger partial charge in [0.2, 0.25) is 10.0 Å². The van der Waals surface area contributed by atoms with Gasteiger partial charge >= 0.3 is 0 Å². The van der Waals surface area contributed by atoms with Crippen molar-refractivity contribution in [2.75, 3.05) is 45.8 Å². The summed E-state index contributed by atoms with van der Waals surface area (Å²) in [4.78, 5) is 11.3. The number of fused-ring (bicyclic) bond motifs is 1. The van der Waals surface area contributed by atoms with Gasteiger partial charge in [0.1, 0.15) is 11.6 Å². The van der Waals surface area contributed by atoms with Gasteiger partial charge < -0.3 is 10.2 Å². The van der Waals surface area contributed by atoms with Crippen LogP contribution in [-0.2, 0) is 26.4 Å². The molecule has 0 aliphatic rings. The number of hydrogen-bond donors (Lipinski definition) is 1. The van der Waals surface area contributed by atoms with Crippen molar-refractivity contribution in [3.8, 4) is 0 Å². The van der Waals surface area contributed by atoms with Crippen molar-refractivity contribution in [3.05, 3.63) is 54.4 Å². The average Bonchev–Trinajstić information content (AvgIpc) is 2.76. The van der Waals surface area contributed by atoms with E-state index in [1.807, 2.05) is 38.4 Å². The number of nitrogens with one attached hydrogen (secondary N) is 1. The van der Waals surface area contributed by atoms with Gasteiger partial charge in [0, 0.05) is 25.2 Å². The second-order valence-corrected chi connectivity index (χ2v) is 12.2. The number of anilines is 1. The zero-order valence-corrected chi connectivity index (χ0v) is 20.8. The van der Waals surface area contributed by atoms with E-state index in [0.29, 0.717) is 11.6 Å². The van der Waals surface area contributed by atoms with Gasteiger partial charge in [0.05, 0.1) is 21.9 Å². The Labute approximate surface area is 195 Å². The first-order valence-electron chi connectivity index (χ1n) is 10.4. The molecule has 0 spiro atoms. The van der Waals surface area contributed by atoms with E-state index < -0.39 is 19.9 Å². The van der Waals surface area contributed by atoms with Gasteiger partial charge in [-0.1, -0.05) is 12.1 Å². The quantitative estimate of drug-likeness (QED) is 0.430. The molecule has 0 radical (unpaired) electrons. The van der Waals surface area contributed by atoms with E-state index in [9.17, 15) is 16.8 Å². The molecule has 0 saturated carbocycles. The normalized spacial score (nSPS) is 12.5. The lowest BCUT2D eigenvalue weighted by Gasteiger charge is -2.18. The molecule has 0 bridgehead atoms. The number of benzene rings is 2. The molecule has 3 rings (SSSR count). The fourth-order valence-corrected chi connectivity index (χ4v) is 5.01. The van der Waals surface area contributed by atoms with Gasteiger partial charge in [-0.05, 0) is 63.5 Å². The van der Waals surface area contributed by atoms with Crippen molar-refractivity contribution in [3.63, 3.8) is 0 Å². The molecule has 1 aromatic heterocycles. The molecular formula is C22H29N5O4S2. The van der Waals surface area contributed by atoms with Crippen molar-refractivity contribution >= 4 is 36.6 Å². The van der Waals surface area contributed by atoms with Crippen molar-refractivity contribution in [2.45, 2.75) is 22.8 Å². The van der Waals surface area contributed by atoms with Crippen LogP contribution in [0.25, 0.3) is 10.9 Å². The summed E-state index contributed by atoms with van der Waals surface area (Å²) in [5, 5.41) is 4.21. The fraction of sp³-hybridized carbons (Fsp3) is 0.364. The minimum Gasteiger partial charge on any atom is -0.369 e. The smallest absolute Gasteiger partial charge is 0.243 e. The lowest BCUT2D eigenvalue weighted by molar-refractivity contribution is 0.405. The molecule has 11 heteroatoms.